The molecule has 3 atom stereocenters. The van der Waals surface area contributed by atoms with Crippen molar-refractivity contribution in [1.82, 2.24) is 19.5 Å². The second kappa shape index (κ2) is 4.83. The molecule has 5 rings (SSSR count). The lowest BCUT2D eigenvalue weighted by Crippen LogP contribution is -2.18. The average molecular weight is 337 g/mol. The predicted molar refractivity (Wildman–Crippen MR) is 81.5 cm³/mol. The molecule has 2 aromatic heterocycles. The Morgan fingerprint density at radius 3 is 2.54 bits per heavy atom. The molecule has 2 bridgehead atoms. The predicted octanol–water partition coefficient (Wildman–Crippen LogP) is 3.78. The second-order valence-electron chi connectivity index (χ2n) is 7.38. The van der Waals surface area contributed by atoms with Gasteiger partial charge in [-0.25, -0.2) is 15.0 Å². The summed E-state index contributed by atoms with van der Waals surface area (Å²) in [7, 11) is 0. The van der Waals surface area contributed by atoms with E-state index in [0.717, 1.165) is 25.7 Å². The van der Waals surface area contributed by atoms with Crippen LogP contribution in [0.15, 0.2) is 6.33 Å². The molecule has 2 heterocycles. The highest BCUT2D eigenvalue weighted by molar-refractivity contribution is 5.83. The van der Waals surface area contributed by atoms with Gasteiger partial charge in [0.05, 0.1) is 6.33 Å². The number of fused-ring (bicyclic) bond motifs is 3. The topological polar surface area (TPSA) is 55.6 Å². The van der Waals surface area contributed by atoms with Crippen molar-refractivity contribution in [2.45, 2.75) is 56.8 Å². The van der Waals surface area contributed by atoms with Gasteiger partial charge in [-0.3, -0.25) is 0 Å². The van der Waals surface area contributed by atoms with Crippen molar-refractivity contribution >= 4 is 17.0 Å². The lowest BCUT2D eigenvalue weighted by molar-refractivity contribution is -0.144. The fourth-order valence-electron chi connectivity index (χ4n) is 4.36. The molecule has 128 valence electrons. The fourth-order valence-corrected chi connectivity index (χ4v) is 4.36. The van der Waals surface area contributed by atoms with Gasteiger partial charge in [0.2, 0.25) is 5.82 Å². The Bertz CT molecular complexity index is 795. The minimum atomic E-state index is -4.56. The summed E-state index contributed by atoms with van der Waals surface area (Å²) in [5.74, 6) is 0.377. The zero-order valence-corrected chi connectivity index (χ0v) is 13.1. The third-order valence-corrected chi connectivity index (χ3v) is 5.65. The number of nitrogens with one attached hydrogen (secondary N) is 1. The molecule has 24 heavy (non-hydrogen) atoms. The Morgan fingerprint density at radius 2 is 1.92 bits per heavy atom. The standard InChI is InChI=1S/C16H18F3N5/c17-16(18,19)15-22-13(21-10-3-4-10)12-14(23-15)24(7-20-12)11-6-8-1-2-9(11)5-8/h7-11H,1-6H2,(H,21,22,23). The third-order valence-electron chi connectivity index (χ3n) is 5.65. The SMILES string of the molecule is FC(F)(F)c1nc(NC2CC2)c2ncn(C3CC4CCC3C4)c2n1. The van der Waals surface area contributed by atoms with Gasteiger partial charge in [0.15, 0.2) is 11.5 Å². The highest BCUT2D eigenvalue weighted by Gasteiger charge is 2.42. The first-order valence-electron chi connectivity index (χ1n) is 8.57. The zero-order chi connectivity index (χ0) is 16.5. The Morgan fingerprint density at radius 1 is 1.08 bits per heavy atom. The number of halogens is 3. The summed E-state index contributed by atoms with van der Waals surface area (Å²) in [6, 6.07) is 0.426. The highest BCUT2D eigenvalue weighted by Crippen LogP contribution is 2.51. The van der Waals surface area contributed by atoms with Crippen LogP contribution in [0.5, 0.6) is 0 Å². The third kappa shape index (κ3) is 2.26. The van der Waals surface area contributed by atoms with Crippen LogP contribution in [0.1, 0.15) is 50.4 Å². The highest BCUT2D eigenvalue weighted by atomic mass is 19.4. The van der Waals surface area contributed by atoms with Gasteiger partial charge in [-0.2, -0.15) is 13.2 Å². The van der Waals surface area contributed by atoms with Gasteiger partial charge in [-0.1, -0.05) is 6.42 Å². The Kier molecular flexibility index (Phi) is 2.91. The number of imidazole rings is 1. The lowest BCUT2D eigenvalue weighted by atomic mass is 9.95. The van der Waals surface area contributed by atoms with Crippen molar-refractivity contribution in [2.75, 3.05) is 5.32 Å². The lowest BCUT2D eigenvalue weighted by Gasteiger charge is -2.23. The van der Waals surface area contributed by atoms with Crippen molar-refractivity contribution in [3.8, 4) is 0 Å². The first-order valence-corrected chi connectivity index (χ1v) is 8.57. The Labute approximate surface area is 136 Å². The molecule has 0 aliphatic heterocycles. The van der Waals surface area contributed by atoms with Crippen molar-refractivity contribution in [3.05, 3.63) is 12.2 Å². The molecule has 0 spiro atoms. The van der Waals surface area contributed by atoms with E-state index in [4.69, 9.17) is 0 Å². The van der Waals surface area contributed by atoms with Gasteiger partial charge in [0, 0.05) is 12.1 Å². The quantitative estimate of drug-likeness (QED) is 0.926. The van der Waals surface area contributed by atoms with Crippen LogP contribution in [0.3, 0.4) is 0 Å². The molecule has 0 radical (unpaired) electrons. The molecule has 0 aromatic carbocycles. The maximum Gasteiger partial charge on any atom is 0.451 e. The van der Waals surface area contributed by atoms with Crippen molar-refractivity contribution < 1.29 is 13.2 Å². The van der Waals surface area contributed by atoms with Gasteiger partial charge in [0.1, 0.15) is 5.52 Å². The fraction of sp³-hybridized carbons (Fsp3) is 0.688. The van der Waals surface area contributed by atoms with E-state index in [0.29, 0.717) is 23.0 Å². The molecule has 0 saturated heterocycles. The molecule has 1 N–H and O–H groups in total. The van der Waals surface area contributed by atoms with Crippen LogP contribution in [0.4, 0.5) is 19.0 Å². The van der Waals surface area contributed by atoms with Gasteiger partial charge in [0.25, 0.3) is 0 Å². The van der Waals surface area contributed by atoms with E-state index >= 15 is 0 Å². The van der Waals surface area contributed by atoms with Crippen LogP contribution in [0, 0.1) is 11.8 Å². The Hall–Kier alpha value is -1.86. The normalized spacial score (nSPS) is 29.5. The molecule has 3 fully saturated rings. The summed E-state index contributed by atoms with van der Waals surface area (Å²) in [6.07, 6.45) is 3.60. The van der Waals surface area contributed by atoms with Crippen LogP contribution in [0.2, 0.25) is 0 Å². The van der Waals surface area contributed by atoms with Crippen LogP contribution >= 0.6 is 0 Å². The smallest absolute Gasteiger partial charge is 0.365 e. The summed E-state index contributed by atoms with van der Waals surface area (Å²) in [6.45, 7) is 0. The molecule has 3 aliphatic carbocycles. The minimum absolute atomic E-state index is 0.205. The van der Waals surface area contributed by atoms with E-state index in [2.05, 4.69) is 20.3 Å². The van der Waals surface area contributed by atoms with E-state index in [1.54, 1.807) is 6.33 Å². The second-order valence-corrected chi connectivity index (χ2v) is 7.38. The van der Waals surface area contributed by atoms with E-state index in [1.165, 1.54) is 12.8 Å². The number of alkyl halides is 3. The summed E-state index contributed by atoms with van der Waals surface area (Å²) >= 11 is 0. The molecule has 3 aliphatic rings. The number of hydrogen-bond donors (Lipinski definition) is 1. The number of aromatic nitrogens is 4. The maximum absolute atomic E-state index is 13.2. The summed E-state index contributed by atoms with van der Waals surface area (Å²) in [5.41, 5.74) is 0.774. The number of nitrogens with zero attached hydrogens (tertiary/aromatic N) is 4. The summed E-state index contributed by atoms with van der Waals surface area (Å²) in [4.78, 5) is 11.9. The van der Waals surface area contributed by atoms with E-state index in [1.807, 2.05) is 4.57 Å². The monoisotopic (exact) mass is 337 g/mol. The first-order chi connectivity index (χ1) is 11.5. The summed E-state index contributed by atoms with van der Waals surface area (Å²) in [5, 5.41) is 3.08. The van der Waals surface area contributed by atoms with Crippen LogP contribution in [-0.2, 0) is 6.18 Å². The Balaban J connectivity index is 1.63. The molecular weight excluding hydrogens is 319 g/mol. The number of hydrogen-bond acceptors (Lipinski definition) is 4. The van der Waals surface area contributed by atoms with Crippen LogP contribution in [0.25, 0.3) is 11.2 Å². The minimum Gasteiger partial charge on any atom is -0.365 e. The molecule has 3 saturated carbocycles. The van der Waals surface area contributed by atoms with E-state index in [-0.39, 0.29) is 17.9 Å². The molecule has 5 nitrogen and oxygen atoms in total. The zero-order valence-electron chi connectivity index (χ0n) is 13.1. The number of rotatable bonds is 3. The largest absolute Gasteiger partial charge is 0.451 e. The van der Waals surface area contributed by atoms with E-state index < -0.39 is 12.0 Å². The van der Waals surface area contributed by atoms with Gasteiger partial charge >= 0.3 is 6.18 Å². The molecular formula is C16H18F3N5. The average Bonchev–Trinajstić information content (AvgIpc) is 2.97. The molecule has 0 amide bonds. The van der Waals surface area contributed by atoms with Crippen molar-refractivity contribution in [1.29, 1.82) is 0 Å². The molecule has 2 aromatic rings. The van der Waals surface area contributed by atoms with Gasteiger partial charge in [-0.05, 0) is 43.9 Å². The maximum atomic E-state index is 13.2. The molecule has 3 unspecified atom stereocenters. The molecule has 8 heteroatoms. The first kappa shape index (κ1) is 14.5. The van der Waals surface area contributed by atoms with Gasteiger partial charge in [-0.15, -0.1) is 0 Å². The number of anilines is 1. The van der Waals surface area contributed by atoms with Crippen LogP contribution < -0.4 is 5.32 Å². The van der Waals surface area contributed by atoms with Gasteiger partial charge < -0.3 is 9.88 Å². The van der Waals surface area contributed by atoms with Crippen molar-refractivity contribution in [3.63, 3.8) is 0 Å². The van der Waals surface area contributed by atoms with Crippen LogP contribution in [-0.4, -0.2) is 25.6 Å². The van der Waals surface area contributed by atoms with E-state index in [9.17, 15) is 13.2 Å². The summed E-state index contributed by atoms with van der Waals surface area (Å²) < 4.78 is 41.6. The van der Waals surface area contributed by atoms with Crippen molar-refractivity contribution in [2.24, 2.45) is 11.8 Å².